The van der Waals surface area contributed by atoms with Crippen LogP contribution in [0.4, 0.5) is 0 Å². The van der Waals surface area contributed by atoms with E-state index >= 15 is 0 Å². The van der Waals surface area contributed by atoms with Crippen LogP contribution < -0.4 is 0 Å². The molecule has 3 aliphatic rings. The second-order valence-electron chi connectivity index (χ2n) is 22.2. The van der Waals surface area contributed by atoms with Crippen LogP contribution in [0.3, 0.4) is 0 Å². The highest BCUT2D eigenvalue weighted by Gasteiger charge is 2.58. The zero-order valence-electron chi connectivity index (χ0n) is 47.9. The normalized spacial score (nSPS) is 31.2. The molecule has 2 aliphatic heterocycles. The van der Waals surface area contributed by atoms with E-state index in [4.69, 9.17) is 37.5 Å². The molecule has 472 valence electrons. The third-order valence-electron chi connectivity index (χ3n) is 15.4. The second-order valence-corrected chi connectivity index (χ2v) is 23.6. The second kappa shape index (κ2) is 41.5. The number of phosphoric acid groups is 1. The Kier molecular flexibility index (Phi) is 37.7. The third kappa shape index (κ3) is 26.8. The molecule has 0 aromatic heterocycles. The van der Waals surface area contributed by atoms with Crippen LogP contribution in [-0.4, -0.2) is 204 Å². The summed E-state index contributed by atoms with van der Waals surface area (Å²) >= 11 is 0. The topological polar surface area (TPSA) is 368 Å². The van der Waals surface area contributed by atoms with Gasteiger partial charge in [-0.25, -0.2) is 4.57 Å². The van der Waals surface area contributed by atoms with E-state index < -0.39 is 150 Å². The Morgan fingerprint density at radius 1 is 0.425 bits per heavy atom. The van der Waals surface area contributed by atoms with Crippen LogP contribution in [0.15, 0.2) is 0 Å². The number of aliphatic hydroxyl groups excluding tert-OH is 11. The van der Waals surface area contributed by atoms with Crippen molar-refractivity contribution in [2.75, 3.05) is 26.4 Å². The SMILES string of the molecule is CCCCCCCCCCCCCCCCCCCC(=O)OC(COC(=O)CCCCCCCCCCCCCC)COP(=O)(O)OC1C(OC2OC(CO)C(O)C(O)C2O)C(O)C(O)C(O)C1OC1OC(CO)C(O)C(O)C1O. The van der Waals surface area contributed by atoms with Gasteiger partial charge in [0, 0.05) is 12.8 Å². The first-order valence-corrected chi connectivity index (χ1v) is 31.9. The highest BCUT2D eigenvalue weighted by atomic mass is 31.2. The molecule has 2 heterocycles. The molecular weight excluding hydrogens is 1070 g/mol. The van der Waals surface area contributed by atoms with Gasteiger partial charge < -0.3 is 89.5 Å². The summed E-state index contributed by atoms with van der Waals surface area (Å²) in [5.41, 5.74) is 0. The lowest BCUT2D eigenvalue weighted by atomic mass is 9.84. The molecule has 2 saturated heterocycles. The molecule has 24 heteroatoms. The third-order valence-corrected chi connectivity index (χ3v) is 16.4. The molecule has 0 spiro atoms. The van der Waals surface area contributed by atoms with Crippen molar-refractivity contribution < 1.29 is 113 Å². The van der Waals surface area contributed by atoms with Crippen molar-refractivity contribution in [1.82, 2.24) is 0 Å². The molecule has 16 atom stereocenters. The van der Waals surface area contributed by atoms with E-state index in [-0.39, 0.29) is 12.8 Å². The zero-order chi connectivity index (χ0) is 58.9. The van der Waals surface area contributed by atoms with Gasteiger partial charge in [-0.3, -0.25) is 18.6 Å². The van der Waals surface area contributed by atoms with Gasteiger partial charge in [-0.2, -0.15) is 0 Å². The molecule has 3 fully saturated rings. The average molecular weight is 1180 g/mol. The minimum absolute atomic E-state index is 0.0245. The van der Waals surface area contributed by atoms with Crippen molar-refractivity contribution in [2.45, 2.75) is 317 Å². The molecule has 80 heavy (non-hydrogen) atoms. The molecule has 0 bridgehead atoms. The van der Waals surface area contributed by atoms with Crippen LogP contribution in [0.25, 0.3) is 0 Å². The highest BCUT2D eigenvalue weighted by molar-refractivity contribution is 7.47. The summed E-state index contributed by atoms with van der Waals surface area (Å²) in [6.45, 7) is 1.03. The maximum atomic E-state index is 14.0. The predicted molar refractivity (Wildman–Crippen MR) is 291 cm³/mol. The number of aliphatic hydroxyl groups is 11. The fraction of sp³-hybridized carbons (Fsp3) is 0.964. The lowest BCUT2D eigenvalue weighted by Gasteiger charge is -2.49. The van der Waals surface area contributed by atoms with E-state index in [0.717, 1.165) is 57.8 Å². The van der Waals surface area contributed by atoms with E-state index in [1.807, 2.05) is 0 Å². The van der Waals surface area contributed by atoms with Crippen LogP contribution >= 0.6 is 7.82 Å². The summed E-state index contributed by atoms with van der Waals surface area (Å²) in [7, 11) is -5.63. The Bertz CT molecular complexity index is 1600. The fourth-order valence-corrected chi connectivity index (χ4v) is 11.3. The van der Waals surface area contributed by atoms with Crippen molar-refractivity contribution in [1.29, 1.82) is 0 Å². The maximum absolute atomic E-state index is 14.0. The van der Waals surface area contributed by atoms with Crippen LogP contribution in [0.1, 0.15) is 213 Å². The number of rotatable bonds is 45. The first-order valence-electron chi connectivity index (χ1n) is 30.4. The number of carbonyl (C=O) groups is 2. The number of esters is 2. The Hall–Kier alpha value is -1.55. The molecule has 1 saturated carbocycles. The van der Waals surface area contributed by atoms with Gasteiger partial charge in [-0.15, -0.1) is 0 Å². The smallest absolute Gasteiger partial charge is 0.462 e. The quantitative estimate of drug-likeness (QED) is 0.0226. The van der Waals surface area contributed by atoms with Gasteiger partial charge in [-0.1, -0.05) is 187 Å². The van der Waals surface area contributed by atoms with Gasteiger partial charge in [0.15, 0.2) is 18.7 Å². The van der Waals surface area contributed by atoms with Crippen LogP contribution in [0, 0.1) is 0 Å². The largest absolute Gasteiger partial charge is 0.472 e. The Morgan fingerprint density at radius 2 is 0.750 bits per heavy atom. The molecule has 0 aromatic carbocycles. The monoisotopic (exact) mass is 1180 g/mol. The van der Waals surface area contributed by atoms with Gasteiger partial charge in [-0.05, 0) is 12.8 Å². The number of unbranched alkanes of at least 4 members (excludes halogenated alkanes) is 27. The van der Waals surface area contributed by atoms with E-state index in [1.54, 1.807) is 0 Å². The lowest BCUT2D eigenvalue weighted by molar-refractivity contribution is -0.360. The first-order chi connectivity index (χ1) is 38.4. The summed E-state index contributed by atoms with van der Waals surface area (Å²) in [5, 5.41) is 117. The zero-order valence-corrected chi connectivity index (χ0v) is 48.8. The number of phosphoric ester groups is 1. The van der Waals surface area contributed by atoms with Crippen LogP contribution in [0.5, 0.6) is 0 Å². The van der Waals surface area contributed by atoms with Crippen LogP contribution in [-0.2, 0) is 51.6 Å². The summed E-state index contributed by atoms with van der Waals surface area (Å²) in [5.74, 6) is -1.32. The molecule has 1 aliphatic carbocycles. The van der Waals surface area contributed by atoms with Gasteiger partial charge in [0.2, 0.25) is 0 Å². The van der Waals surface area contributed by atoms with Crippen molar-refractivity contribution in [3.8, 4) is 0 Å². The fourth-order valence-electron chi connectivity index (χ4n) is 10.4. The molecular formula is C56H105O23P. The molecule has 0 amide bonds. The minimum atomic E-state index is -5.63. The van der Waals surface area contributed by atoms with Gasteiger partial charge in [0.25, 0.3) is 0 Å². The van der Waals surface area contributed by atoms with E-state index in [1.165, 1.54) is 116 Å². The predicted octanol–water partition coefficient (Wildman–Crippen LogP) is 4.54. The number of hydrogen-bond donors (Lipinski definition) is 12. The van der Waals surface area contributed by atoms with E-state index in [0.29, 0.717) is 12.8 Å². The number of ether oxygens (including phenoxy) is 6. The Labute approximate surface area is 474 Å². The summed E-state index contributed by atoms with van der Waals surface area (Å²) in [6.07, 6.45) is -2.05. The number of hydrogen-bond acceptors (Lipinski definition) is 22. The number of carbonyl (C=O) groups excluding carboxylic acids is 2. The highest BCUT2D eigenvalue weighted by Crippen LogP contribution is 2.49. The molecule has 3 rings (SSSR count). The van der Waals surface area contributed by atoms with Gasteiger partial charge in [0.1, 0.15) is 92.1 Å². The first kappa shape index (κ1) is 72.7. The van der Waals surface area contributed by atoms with Gasteiger partial charge >= 0.3 is 19.8 Å². The average Bonchev–Trinajstić information content (AvgIpc) is 3.52. The minimum Gasteiger partial charge on any atom is -0.462 e. The molecule has 0 aromatic rings. The van der Waals surface area contributed by atoms with Crippen molar-refractivity contribution >= 4 is 19.8 Å². The Morgan fingerprint density at radius 3 is 1.10 bits per heavy atom. The molecule has 16 unspecified atom stereocenters. The van der Waals surface area contributed by atoms with E-state index in [9.17, 15) is 75.2 Å². The summed E-state index contributed by atoms with van der Waals surface area (Å²) in [6, 6.07) is 0. The van der Waals surface area contributed by atoms with Gasteiger partial charge in [0.05, 0.1) is 19.8 Å². The van der Waals surface area contributed by atoms with Crippen molar-refractivity contribution in [3.63, 3.8) is 0 Å². The summed E-state index contributed by atoms with van der Waals surface area (Å²) < 4.78 is 58.2. The lowest BCUT2D eigenvalue weighted by Crippen LogP contribution is -2.69. The molecule has 23 nitrogen and oxygen atoms in total. The molecule has 0 radical (unpaired) electrons. The van der Waals surface area contributed by atoms with Crippen LogP contribution in [0.2, 0.25) is 0 Å². The maximum Gasteiger partial charge on any atom is 0.472 e. The summed E-state index contributed by atoms with van der Waals surface area (Å²) in [4.78, 5) is 37.5. The standard InChI is InChI=1S/C56H105O23P/c1-3-5-7-9-11-13-15-17-18-19-20-21-23-25-27-29-31-33-42(60)74-38(36-72-41(59)32-30-28-26-24-22-16-14-12-10-8-6-4-2)37-73-80(70,71)79-54-52(77-55-50(68)45(63)43(61)39(34-57)75-55)48(66)47(65)49(67)53(54)78-56-51(69)46(64)44(62)40(35-58)76-56/h38-40,43-58,61-69H,3-37H2,1-2H3,(H,70,71). The van der Waals surface area contributed by atoms with E-state index in [2.05, 4.69) is 13.8 Å². The van der Waals surface area contributed by atoms with Crippen molar-refractivity contribution in [3.05, 3.63) is 0 Å². The molecule has 12 N–H and O–H groups in total. The Balaban J connectivity index is 1.68. The van der Waals surface area contributed by atoms with Crippen molar-refractivity contribution in [2.24, 2.45) is 0 Å².